The first-order valence-corrected chi connectivity index (χ1v) is 7.21. The molecule has 1 N–H and O–H groups in total. The number of unbranched alkanes of at least 4 members (excludes halogenated alkanes) is 2. The van der Waals surface area contributed by atoms with Crippen LogP contribution in [0.15, 0.2) is 0 Å². The average Bonchev–Trinajstić information content (AvgIpc) is 2.42. The van der Waals surface area contributed by atoms with E-state index < -0.39 is 0 Å². The van der Waals surface area contributed by atoms with E-state index in [0.717, 1.165) is 25.8 Å². The average molecular weight is 289 g/mol. The van der Waals surface area contributed by atoms with E-state index in [1.165, 1.54) is 0 Å². The van der Waals surface area contributed by atoms with E-state index in [9.17, 15) is 9.59 Å². The molecule has 0 aromatic carbocycles. The normalized spacial score (nSPS) is 10.3. The van der Waals surface area contributed by atoms with Crippen molar-refractivity contribution in [2.75, 3.05) is 40.0 Å². The van der Waals surface area contributed by atoms with E-state index in [4.69, 9.17) is 14.2 Å². The van der Waals surface area contributed by atoms with Crippen LogP contribution < -0.4 is 5.32 Å². The third-order valence-corrected chi connectivity index (χ3v) is 2.60. The van der Waals surface area contributed by atoms with E-state index in [1.807, 2.05) is 6.92 Å². The van der Waals surface area contributed by atoms with Crippen LogP contribution in [-0.2, 0) is 23.8 Å². The lowest BCUT2D eigenvalue weighted by molar-refractivity contribution is -0.145. The highest BCUT2D eigenvalue weighted by Gasteiger charge is 2.02. The first-order valence-electron chi connectivity index (χ1n) is 7.21. The predicted octanol–water partition coefficient (Wildman–Crippen LogP) is 1.28. The number of carbonyl (C=O) groups excluding carboxylic acids is 2. The molecule has 0 aliphatic heterocycles. The van der Waals surface area contributed by atoms with Crippen LogP contribution in [0, 0.1) is 0 Å². The van der Waals surface area contributed by atoms with Gasteiger partial charge in [0.2, 0.25) is 0 Å². The van der Waals surface area contributed by atoms with Crippen molar-refractivity contribution in [3.8, 4) is 0 Å². The highest BCUT2D eigenvalue weighted by Crippen LogP contribution is 2.00. The van der Waals surface area contributed by atoms with Gasteiger partial charge in [-0.05, 0) is 26.3 Å². The van der Waals surface area contributed by atoms with Crippen LogP contribution in [-0.4, -0.2) is 52.0 Å². The number of ether oxygens (including phenoxy) is 3. The quantitative estimate of drug-likeness (QED) is 0.407. The Kier molecular flexibility index (Phi) is 13.5. The number of esters is 2. The van der Waals surface area contributed by atoms with Crippen molar-refractivity contribution in [3.05, 3.63) is 0 Å². The zero-order valence-electron chi connectivity index (χ0n) is 12.6. The lowest BCUT2D eigenvalue weighted by Crippen LogP contribution is -2.21. The molecule has 0 rings (SSSR count). The van der Waals surface area contributed by atoms with E-state index in [1.54, 1.807) is 7.11 Å². The first-order chi connectivity index (χ1) is 9.70. The number of rotatable bonds is 13. The molecule has 20 heavy (non-hydrogen) atoms. The number of hydrogen-bond donors (Lipinski definition) is 1. The molecule has 0 unspecified atom stereocenters. The van der Waals surface area contributed by atoms with Crippen molar-refractivity contribution < 1.29 is 23.8 Å². The Labute approximate surface area is 121 Å². The van der Waals surface area contributed by atoms with Gasteiger partial charge in [-0.1, -0.05) is 6.42 Å². The van der Waals surface area contributed by atoms with Crippen LogP contribution in [0.3, 0.4) is 0 Å². The second-order valence-corrected chi connectivity index (χ2v) is 4.33. The summed E-state index contributed by atoms with van der Waals surface area (Å²) in [6, 6.07) is 0. The van der Waals surface area contributed by atoms with E-state index in [2.05, 4.69) is 5.32 Å². The van der Waals surface area contributed by atoms with Crippen molar-refractivity contribution in [2.45, 2.75) is 39.0 Å². The number of nitrogens with one attached hydrogen (secondary N) is 1. The predicted molar refractivity (Wildman–Crippen MR) is 75.4 cm³/mol. The molecule has 118 valence electrons. The zero-order chi connectivity index (χ0) is 15.1. The number of methoxy groups -OCH3 is 1. The van der Waals surface area contributed by atoms with Crippen molar-refractivity contribution in [3.63, 3.8) is 0 Å². The van der Waals surface area contributed by atoms with E-state index in [0.29, 0.717) is 39.2 Å². The summed E-state index contributed by atoms with van der Waals surface area (Å²) in [6.07, 6.45) is 3.66. The molecule has 0 atom stereocenters. The third kappa shape index (κ3) is 13.3. The van der Waals surface area contributed by atoms with Crippen LogP contribution in [0.2, 0.25) is 0 Å². The van der Waals surface area contributed by atoms with Gasteiger partial charge in [-0.15, -0.1) is 0 Å². The van der Waals surface area contributed by atoms with Crippen LogP contribution in [0.5, 0.6) is 0 Å². The summed E-state index contributed by atoms with van der Waals surface area (Å²) in [5, 5.41) is 3.17. The Morgan fingerprint density at radius 3 is 2.35 bits per heavy atom. The molecule has 0 spiro atoms. The van der Waals surface area contributed by atoms with Crippen LogP contribution in [0.1, 0.15) is 39.0 Å². The molecule has 0 amide bonds. The standard InChI is InChI=1S/C14H27NO5/c1-3-19-13(16)7-5-4-6-9-15-10-8-14(17)20-12-11-18-2/h15H,3-12H2,1-2H3. The van der Waals surface area contributed by atoms with Gasteiger partial charge in [-0.3, -0.25) is 9.59 Å². The summed E-state index contributed by atoms with van der Waals surface area (Å²) >= 11 is 0. The summed E-state index contributed by atoms with van der Waals surface area (Å²) in [5.74, 6) is -0.337. The van der Waals surface area contributed by atoms with Crippen LogP contribution >= 0.6 is 0 Å². The third-order valence-electron chi connectivity index (χ3n) is 2.60. The molecule has 0 heterocycles. The SMILES string of the molecule is CCOC(=O)CCCCCNCCC(=O)OCCOC. The maximum absolute atomic E-state index is 11.2. The molecule has 0 bridgehead atoms. The molecule has 0 saturated heterocycles. The molecule has 6 heteroatoms. The van der Waals surface area contributed by atoms with Crippen molar-refractivity contribution in [2.24, 2.45) is 0 Å². The van der Waals surface area contributed by atoms with E-state index >= 15 is 0 Å². The molecule has 0 aliphatic carbocycles. The highest BCUT2D eigenvalue weighted by atomic mass is 16.6. The van der Waals surface area contributed by atoms with Gasteiger partial charge in [0, 0.05) is 20.1 Å². The number of hydrogen-bond acceptors (Lipinski definition) is 6. The van der Waals surface area contributed by atoms with Gasteiger partial charge in [-0.2, -0.15) is 0 Å². The Morgan fingerprint density at radius 1 is 0.900 bits per heavy atom. The maximum Gasteiger partial charge on any atom is 0.307 e. The molecule has 0 aromatic rings. The smallest absolute Gasteiger partial charge is 0.307 e. The van der Waals surface area contributed by atoms with Gasteiger partial charge in [0.05, 0.1) is 19.6 Å². The topological polar surface area (TPSA) is 73.9 Å². The largest absolute Gasteiger partial charge is 0.466 e. The Bertz CT molecular complexity index is 258. The second-order valence-electron chi connectivity index (χ2n) is 4.33. The van der Waals surface area contributed by atoms with E-state index in [-0.39, 0.29) is 11.9 Å². The van der Waals surface area contributed by atoms with Crippen LogP contribution in [0.25, 0.3) is 0 Å². The molecule has 6 nitrogen and oxygen atoms in total. The first kappa shape index (κ1) is 18.9. The minimum absolute atomic E-state index is 0.126. The molecule has 0 saturated carbocycles. The Hall–Kier alpha value is -1.14. The van der Waals surface area contributed by atoms with Gasteiger partial charge >= 0.3 is 11.9 Å². The molecular formula is C14H27NO5. The van der Waals surface area contributed by atoms with Gasteiger partial charge in [-0.25, -0.2) is 0 Å². The maximum atomic E-state index is 11.2. The van der Waals surface area contributed by atoms with Crippen molar-refractivity contribution in [1.82, 2.24) is 5.32 Å². The van der Waals surface area contributed by atoms with Gasteiger partial charge in [0.15, 0.2) is 0 Å². The Morgan fingerprint density at radius 2 is 1.65 bits per heavy atom. The fourth-order valence-corrected chi connectivity index (χ4v) is 1.56. The molecule has 0 aliphatic rings. The lowest BCUT2D eigenvalue weighted by Gasteiger charge is -2.06. The monoisotopic (exact) mass is 289 g/mol. The minimum atomic E-state index is -0.211. The fourth-order valence-electron chi connectivity index (χ4n) is 1.56. The lowest BCUT2D eigenvalue weighted by atomic mass is 10.2. The number of carbonyl (C=O) groups is 2. The fraction of sp³-hybridized carbons (Fsp3) is 0.857. The Balaban J connectivity index is 3.20. The minimum Gasteiger partial charge on any atom is -0.466 e. The van der Waals surface area contributed by atoms with Gasteiger partial charge in [0.25, 0.3) is 0 Å². The molecule has 0 aromatic heterocycles. The molecule has 0 radical (unpaired) electrons. The summed E-state index contributed by atoms with van der Waals surface area (Å²) in [7, 11) is 1.57. The van der Waals surface area contributed by atoms with Crippen LogP contribution in [0.4, 0.5) is 0 Å². The van der Waals surface area contributed by atoms with Gasteiger partial charge in [0.1, 0.15) is 6.61 Å². The summed E-state index contributed by atoms with van der Waals surface area (Å²) in [4.78, 5) is 22.3. The summed E-state index contributed by atoms with van der Waals surface area (Å²) in [5.41, 5.74) is 0. The van der Waals surface area contributed by atoms with Gasteiger partial charge < -0.3 is 19.5 Å². The highest BCUT2D eigenvalue weighted by molar-refractivity contribution is 5.69. The molecule has 0 fully saturated rings. The second kappa shape index (κ2) is 14.3. The van der Waals surface area contributed by atoms with Crippen molar-refractivity contribution >= 4 is 11.9 Å². The van der Waals surface area contributed by atoms with Crippen molar-refractivity contribution in [1.29, 1.82) is 0 Å². The summed E-state index contributed by atoms with van der Waals surface area (Å²) in [6.45, 7) is 4.45. The molecular weight excluding hydrogens is 262 g/mol. The zero-order valence-corrected chi connectivity index (χ0v) is 12.6. The summed E-state index contributed by atoms with van der Waals surface area (Å²) < 4.78 is 14.5.